The first kappa shape index (κ1) is 27.7. The molecule has 2 heterocycles. The Morgan fingerprint density at radius 2 is 1.92 bits per heavy atom. The Morgan fingerprint density at radius 1 is 1.16 bits per heavy atom. The Hall–Kier alpha value is -2.33. The summed E-state index contributed by atoms with van der Waals surface area (Å²) in [5.74, 6) is -1.02. The molecule has 2 saturated heterocycles. The molecule has 0 aromatic heterocycles. The monoisotopic (exact) mass is 526 g/mol. The summed E-state index contributed by atoms with van der Waals surface area (Å²) >= 11 is 0. The molecule has 0 spiro atoms. The molecule has 37 heavy (non-hydrogen) atoms. The van der Waals surface area contributed by atoms with Gasteiger partial charge in [0.25, 0.3) is 0 Å². The van der Waals surface area contributed by atoms with Gasteiger partial charge in [-0.15, -0.1) is 0 Å². The third-order valence-electron chi connectivity index (χ3n) is 7.69. The van der Waals surface area contributed by atoms with Crippen LogP contribution >= 0.6 is 0 Å². The van der Waals surface area contributed by atoms with Gasteiger partial charge in [0.05, 0.1) is 25.2 Å². The molecular formula is C27H37F3N2O5. The molecule has 10 heteroatoms. The fourth-order valence-corrected chi connectivity index (χ4v) is 5.79. The van der Waals surface area contributed by atoms with E-state index in [4.69, 9.17) is 14.2 Å². The van der Waals surface area contributed by atoms with Gasteiger partial charge in [-0.3, -0.25) is 9.69 Å². The molecule has 7 nitrogen and oxygen atoms in total. The number of amides is 1. The van der Waals surface area contributed by atoms with Crippen molar-refractivity contribution in [1.29, 1.82) is 0 Å². The molecule has 6 atom stereocenters. The maximum atomic E-state index is 14.1. The van der Waals surface area contributed by atoms with E-state index in [9.17, 15) is 22.8 Å². The van der Waals surface area contributed by atoms with Gasteiger partial charge in [-0.2, -0.15) is 13.2 Å². The quantitative estimate of drug-likeness (QED) is 0.478. The van der Waals surface area contributed by atoms with Crippen LogP contribution in [0.4, 0.5) is 18.0 Å². The highest BCUT2D eigenvalue weighted by Gasteiger charge is 2.55. The topological polar surface area (TPSA) is 77.1 Å². The van der Waals surface area contributed by atoms with Gasteiger partial charge in [0.2, 0.25) is 0 Å². The Bertz CT molecular complexity index is 907. The zero-order valence-corrected chi connectivity index (χ0v) is 21.4. The summed E-state index contributed by atoms with van der Waals surface area (Å²) in [6.07, 6.45) is -3.23. The van der Waals surface area contributed by atoms with Crippen molar-refractivity contribution in [3.8, 4) is 0 Å². The summed E-state index contributed by atoms with van der Waals surface area (Å²) in [5.41, 5.74) is 0.857. The summed E-state index contributed by atoms with van der Waals surface area (Å²) < 4.78 is 58.9. The van der Waals surface area contributed by atoms with Gasteiger partial charge >= 0.3 is 18.2 Å². The smallest absolute Gasteiger partial charge is 0.407 e. The van der Waals surface area contributed by atoms with Crippen LogP contribution in [-0.4, -0.2) is 73.2 Å². The number of benzene rings is 1. The van der Waals surface area contributed by atoms with E-state index in [0.29, 0.717) is 26.1 Å². The molecule has 4 rings (SSSR count). The van der Waals surface area contributed by atoms with E-state index in [0.717, 1.165) is 18.4 Å². The SMILES string of the molecule is CC(C)C(=O)O[C@@H](CN1[C@H](C(F)(F)F)C[C@@H]2CCC[C@@H]21)[C@H](Cc1ccccc1)NC(=O)O[C@H]1CCOC1. The lowest BCUT2D eigenvalue weighted by atomic mass is 9.99. The van der Waals surface area contributed by atoms with E-state index in [1.807, 2.05) is 30.3 Å². The third kappa shape index (κ3) is 7.16. The molecule has 1 aromatic rings. The minimum absolute atomic E-state index is 0.0269. The number of hydrogen-bond acceptors (Lipinski definition) is 6. The molecular weight excluding hydrogens is 489 g/mol. The van der Waals surface area contributed by atoms with E-state index >= 15 is 0 Å². The molecule has 206 valence electrons. The molecule has 0 radical (unpaired) electrons. The highest BCUT2D eigenvalue weighted by molar-refractivity contribution is 5.72. The number of esters is 1. The van der Waals surface area contributed by atoms with E-state index < -0.39 is 42.3 Å². The van der Waals surface area contributed by atoms with Crippen molar-refractivity contribution >= 4 is 12.1 Å². The van der Waals surface area contributed by atoms with Gasteiger partial charge in [0, 0.05) is 19.0 Å². The highest BCUT2D eigenvalue weighted by atomic mass is 19.4. The van der Waals surface area contributed by atoms with Crippen molar-refractivity contribution in [2.75, 3.05) is 19.8 Å². The zero-order valence-electron chi connectivity index (χ0n) is 21.4. The van der Waals surface area contributed by atoms with E-state index in [-0.39, 0.29) is 37.5 Å². The van der Waals surface area contributed by atoms with Gasteiger partial charge < -0.3 is 19.5 Å². The lowest BCUT2D eigenvalue weighted by Gasteiger charge is -2.37. The lowest BCUT2D eigenvalue weighted by Crippen LogP contribution is -2.55. The number of likely N-dealkylation sites (tertiary alicyclic amines) is 1. The summed E-state index contributed by atoms with van der Waals surface area (Å²) in [6, 6.07) is 6.69. The lowest BCUT2D eigenvalue weighted by molar-refractivity contribution is -0.185. The number of alkyl carbamates (subject to hydrolysis) is 1. The fraction of sp³-hybridized carbons (Fsp3) is 0.704. The molecule has 0 bridgehead atoms. The molecule has 3 fully saturated rings. The summed E-state index contributed by atoms with van der Waals surface area (Å²) in [6.45, 7) is 4.03. The fourth-order valence-electron chi connectivity index (χ4n) is 5.79. The molecule has 3 aliphatic rings. The molecule has 1 N–H and O–H groups in total. The maximum Gasteiger partial charge on any atom is 0.407 e. The number of carbonyl (C=O) groups excluding carboxylic acids is 2. The zero-order chi connectivity index (χ0) is 26.6. The Labute approximate surface area is 216 Å². The van der Waals surface area contributed by atoms with Crippen LogP contribution in [0.3, 0.4) is 0 Å². The van der Waals surface area contributed by atoms with Gasteiger partial charge in [0.15, 0.2) is 0 Å². The molecule has 1 amide bonds. The average Bonchev–Trinajstić information content (AvgIpc) is 3.57. The predicted octanol–water partition coefficient (Wildman–Crippen LogP) is 4.49. The van der Waals surface area contributed by atoms with Crippen molar-refractivity contribution < 1.29 is 37.0 Å². The average molecular weight is 527 g/mol. The third-order valence-corrected chi connectivity index (χ3v) is 7.69. The Morgan fingerprint density at radius 3 is 2.57 bits per heavy atom. The minimum Gasteiger partial charge on any atom is -0.459 e. The number of hydrogen-bond donors (Lipinski definition) is 1. The van der Waals surface area contributed by atoms with Crippen LogP contribution in [0.15, 0.2) is 30.3 Å². The Balaban J connectivity index is 1.60. The van der Waals surface area contributed by atoms with E-state index in [2.05, 4.69) is 5.32 Å². The van der Waals surface area contributed by atoms with E-state index in [1.54, 1.807) is 13.8 Å². The van der Waals surface area contributed by atoms with Gasteiger partial charge in [-0.05, 0) is 37.2 Å². The predicted molar refractivity (Wildman–Crippen MR) is 130 cm³/mol. The Kier molecular flexibility index (Phi) is 9.00. The van der Waals surface area contributed by atoms with Gasteiger partial charge in [0.1, 0.15) is 18.2 Å². The number of halogens is 3. The van der Waals surface area contributed by atoms with E-state index in [1.165, 1.54) is 4.90 Å². The molecule has 1 saturated carbocycles. The van der Waals surface area contributed by atoms with Crippen LogP contribution in [0.25, 0.3) is 0 Å². The van der Waals surface area contributed by atoms with Crippen LogP contribution in [0.1, 0.15) is 51.5 Å². The van der Waals surface area contributed by atoms with Crippen molar-refractivity contribution in [1.82, 2.24) is 10.2 Å². The largest absolute Gasteiger partial charge is 0.459 e. The number of nitrogens with zero attached hydrogens (tertiary/aromatic N) is 1. The first-order chi connectivity index (χ1) is 17.6. The van der Waals surface area contributed by atoms with Gasteiger partial charge in [-0.25, -0.2) is 4.79 Å². The molecule has 2 aliphatic heterocycles. The second-order valence-electron chi connectivity index (χ2n) is 10.7. The number of ether oxygens (including phenoxy) is 3. The first-order valence-corrected chi connectivity index (χ1v) is 13.2. The number of alkyl halides is 3. The molecule has 0 unspecified atom stereocenters. The van der Waals surface area contributed by atoms with Crippen LogP contribution in [0.5, 0.6) is 0 Å². The van der Waals surface area contributed by atoms with Crippen molar-refractivity contribution in [3.05, 3.63) is 35.9 Å². The van der Waals surface area contributed by atoms with Crippen LogP contribution in [0.2, 0.25) is 0 Å². The number of nitrogens with one attached hydrogen (secondary N) is 1. The normalized spacial score (nSPS) is 27.6. The summed E-state index contributed by atoms with van der Waals surface area (Å²) in [4.78, 5) is 27.1. The standard InChI is InChI=1S/C27H37F3N2O5/c1-17(2)25(33)37-23(15-32-22-10-6-9-19(22)14-24(32)27(28,29)30)21(13-18-7-4-3-5-8-18)31-26(34)36-20-11-12-35-16-20/h3-5,7-8,17,19-24H,6,9-16H2,1-2H3,(H,31,34)/t19-,20-,21-,22-,23-,24-/m0/s1. The minimum atomic E-state index is -4.39. The van der Waals surface area contributed by atoms with Gasteiger partial charge in [-0.1, -0.05) is 50.6 Å². The number of fused-ring (bicyclic) bond motifs is 1. The van der Waals surface area contributed by atoms with Crippen LogP contribution in [-0.2, 0) is 25.4 Å². The van der Waals surface area contributed by atoms with Crippen molar-refractivity contribution in [2.24, 2.45) is 11.8 Å². The summed E-state index contributed by atoms with van der Waals surface area (Å²) in [5, 5.41) is 2.82. The molecule has 1 aromatic carbocycles. The van der Waals surface area contributed by atoms with Crippen LogP contribution < -0.4 is 5.32 Å². The van der Waals surface area contributed by atoms with Crippen molar-refractivity contribution in [2.45, 2.75) is 88.9 Å². The molecule has 1 aliphatic carbocycles. The second-order valence-corrected chi connectivity index (χ2v) is 10.7. The summed E-state index contributed by atoms with van der Waals surface area (Å²) in [7, 11) is 0. The highest BCUT2D eigenvalue weighted by Crippen LogP contribution is 2.46. The van der Waals surface area contributed by atoms with Crippen molar-refractivity contribution in [3.63, 3.8) is 0 Å². The first-order valence-electron chi connectivity index (χ1n) is 13.2. The number of carbonyl (C=O) groups is 2. The maximum absolute atomic E-state index is 14.1. The van der Waals surface area contributed by atoms with Crippen LogP contribution in [0, 0.1) is 11.8 Å². The second kappa shape index (κ2) is 12.0. The number of rotatable bonds is 9.